The van der Waals surface area contributed by atoms with Crippen LogP contribution in [-0.2, 0) is 20.0 Å². The third kappa shape index (κ3) is 4.13. The van der Waals surface area contributed by atoms with E-state index in [-0.39, 0.29) is 6.61 Å². The van der Waals surface area contributed by atoms with E-state index in [1.807, 2.05) is 11.7 Å². The molecule has 0 bridgehead atoms. The van der Waals surface area contributed by atoms with Crippen LogP contribution in [0.5, 0.6) is 0 Å². The molecule has 0 radical (unpaired) electrons. The number of nitrogens with one attached hydrogen (secondary N) is 1. The number of hydrogen-bond acceptors (Lipinski definition) is 3. The molecule has 0 saturated carbocycles. The molecule has 98 valence electrons. The molecular formula is C13H25N3O. The van der Waals surface area contributed by atoms with E-state index < -0.39 is 0 Å². The molecule has 0 saturated heterocycles. The normalized spacial score (nSPS) is 13.3. The summed E-state index contributed by atoms with van der Waals surface area (Å²) in [4.78, 5) is 0. The van der Waals surface area contributed by atoms with Crippen molar-refractivity contribution in [3.8, 4) is 0 Å². The second kappa shape index (κ2) is 6.77. The minimum absolute atomic E-state index is 0.238. The van der Waals surface area contributed by atoms with Crippen LogP contribution in [0, 0.1) is 5.92 Å². The first kappa shape index (κ1) is 14.2. The summed E-state index contributed by atoms with van der Waals surface area (Å²) in [7, 11) is 1.98. The van der Waals surface area contributed by atoms with Gasteiger partial charge in [0.15, 0.2) is 0 Å². The largest absolute Gasteiger partial charge is 0.396 e. The van der Waals surface area contributed by atoms with Crippen LogP contribution in [0.4, 0.5) is 0 Å². The lowest BCUT2D eigenvalue weighted by Crippen LogP contribution is -2.34. The lowest BCUT2D eigenvalue weighted by molar-refractivity contribution is 0.243. The van der Waals surface area contributed by atoms with Crippen LogP contribution in [0.25, 0.3) is 0 Å². The van der Waals surface area contributed by atoms with Gasteiger partial charge in [-0.25, -0.2) is 0 Å². The maximum absolute atomic E-state index is 9.02. The number of rotatable bonds is 7. The van der Waals surface area contributed by atoms with Gasteiger partial charge in [-0.15, -0.1) is 0 Å². The van der Waals surface area contributed by atoms with E-state index >= 15 is 0 Å². The van der Waals surface area contributed by atoms with Crippen LogP contribution < -0.4 is 5.32 Å². The van der Waals surface area contributed by atoms with Gasteiger partial charge in [0.05, 0.1) is 11.4 Å². The summed E-state index contributed by atoms with van der Waals surface area (Å²) in [6.45, 7) is 7.51. The van der Waals surface area contributed by atoms with Crippen molar-refractivity contribution < 1.29 is 5.11 Å². The van der Waals surface area contributed by atoms with Crippen LogP contribution >= 0.6 is 0 Å². The van der Waals surface area contributed by atoms with E-state index in [2.05, 4.69) is 37.3 Å². The predicted molar refractivity (Wildman–Crippen MR) is 69.8 cm³/mol. The molecule has 4 heteroatoms. The third-order valence-electron chi connectivity index (χ3n) is 3.18. The fraction of sp³-hybridized carbons (Fsp3) is 0.769. The van der Waals surface area contributed by atoms with Crippen molar-refractivity contribution in [2.24, 2.45) is 13.0 Å². The van der Waals surface area contributed by atoms with Gasteiger partial charge in [-0.1, -0.05) is 20.8 Å². The maximum atomic E-state index is 9.02. The van der Waals surface area contributed by atoms with Crippen LogP contribution in [0.1, 0.15) is 38.6 Å². The summed E-state index contributed by atoms with van der Waals surface area (Å²) in [5.74, 6) is 0.529. The molecule has 0 spiro atoms. The first-order chi connectivity index (χ1) is 8.08. The zero-order valence-corrected chi connectivity index (χ0v) is 11.4. The summed E-state index contributed by atoms with van der Waals surface area (Å²) in [5.41, 5.74) is 2.33. The van der Waals surface area contributed by atoms with Crippen molar-refractivity contribution in [1.82, 2.24) is 15.1 Å². The van der Waals surface area contributed by atoms with Gasteiger partial charge in [0.2, 0.25) is 0 Å². The standard InChI is InChI=1S/C13H25N3O/c1-5-11-8-12(16(4)15-11)9-14-13(6-7-17)10(2)3/h8,10,13-14,17H,5-7,9H2,1-4H3. The molecule has 1 aromatic heterocycles. The fourth-order valence-corrected chi connectivity index (χ4v) is 1.96. The molecule has 4 nitrogen and oxygen atoms in total. The Morgan fingerprint density at radius 3 is 2.65 bits per heavy atom. The zero-order valence-electron chi connectivity index (χ0n) is 11.4. The molecule has 0 aromatic carbocycles. The molecule has 2 N–H and O–H groups in total. The Morgan fingerprint density at radius 1 is 1.47 bits per heavy atom. The van der Waals surface area contributed by atoms with Crippen molar-refractivity contribution in [2.75, 3.05) is 6.61 Å². The van der Waals surface area contributed by atoms with Gasteiger partial charge in [-0.05, 0) is 24.8 Å². The molecular weight excluding hydrogens is 214 g/mol. The summed E-state index contributed by atoms with van der Waals surface area (Å²) in [6, 6.07) is 2.50. The van der Waals surface area contributed by atoms with Crippen molar-refractivity contribution in [3.05, 3.63) is 17.5 Å². The minimum atomic E-state index is 0.238. The Balaban J connectivity index is 2.55. The van der Waals surface area contributed by atoms with E-state index in [4.69, 9.17) is 5.11 Å². The van der Waals surface area contributed by atoms with E-state index in [9.17, 15) is 0 Å². The maximum Gasteiger partial charge on any atom is 0.0625 e. The first-order valence-electron chi connectivity index (χ1n) is 6.44. The SMILES string of the molecule is CCc1cc(CNC(CCO)C(C)C)n(C)n1. The number of aryl methyl sites for hydroxylation is 2. The highest BCUT2D eigenvalue weighted by atomic mass is 16.3. The molecule has 1 rings (SSSR count). The zero-order chi connectivity index (χ0) is 12.8. The fourth-order valence-electron chi connectivity index (χ4n) is 1.96. The number of hydrogen-bond donors (Lipinski definition) is 2. The van der Waals surface area contributed by atoms with Crippen LogP contribution in [0.2, 0.25) is 0 Å². The second-order valence-corrected chi connectivity index (χ2v) is 4.85. The van der Waals surface area contributed by atoms with Crippen LogP contribution in [-0.4, -0.2) is 27.5 Å². The minimum Gasteiger partial charge on any atom is -0.396 e. The summed E-state index contributed by atoms with van der Waals surface area (Å²) in [5, 5.41) is 16.9. The smallest absolute Gasteiger partial charge is 0.0625 e. The van der Waals surface area contributed by atoms with Gasteiger partial charge in [-0.3, -0.25) is 4.68 Å². The Bertz CT molecular complexity index is 333. The predicted octanol–water partition coefficient (Wildman–Crippen LogP) is 1.48. The van der Waals surface area contributed by atoms with E-state index in [0.717, 1.165) is 25.1 Å². The lowest BCUT2D eigenvalue weighted by Gasteiger charge is -2.21. The summed E-state index contributed by atoms with van der Waals surface area (Å²) < 4.78 is 1.93. The van der Waals surface area contributed by atoms with Gasteiger partial charge in [0.25, 0.3) is 0 Å². The highest BCUT2D eigenvalue weighted by Crippen LogP contribution is 2.08. The Labute approximate surface area is 104 Å². The number of nitrogens with zero attached hydrogens (tertiary/aromatic N) is 2. The monoisotopic (exact) mass is 239 g/mol. The highest BCUT2D eigenvalue weighted by Gasteiger charge is 2.13. The van der Waals surface area contributed by atoms with Crippen LogP contribution in [0.3, 0.4) is 0 Å². The van der Waals surface area contributed by atoms with Crippen molar-refractivity contribution >= 4 is 0 Å². The molecule has 1 atom stereocenters. The molecule has 0 fully saturated rings. The summed E-state index contributed by atoms with van der Waals surface area (Å²) in [6.07, 6.45) is 1.77. The Morgan fingerprint density at radius 2 is 2.18 bits per heavy atom. The van der Waals surface area contributed by atoms with Crippen LogP contribution in [0.15, 0.2) is 6.07 Å². The van der Waals surface area contributed by atoms with Crippen molar-refractivity contribution in [3.63, 3.8) is 0 Å². The van der Waals surface area contributed by atoms with Gasteiger partial charge < -0.3 is 10.4 Å². The Kier molecular flexibility index (Phi) is 5.65. The first-order valence-corrected chi connectivity index (χ1v) is 6.44. The average Bonchev–Trinajstić information content (AvgIpc) is 2.65. The summed E-state index contributed by atoms with van der Waals surface area (Å²) >= 11 is 0. The van der Waals surface area contributed by atoms with E-state index in [1.165, 1.54) is 5.69 Å². The topological polar surface area (TPSA) is 50.1 Å². The lowest BCUT2D eigenvalue weighted by atomic mass is 10.0. The average molecular weight is 239 g/mol. The molecule has 0 aliphatic carbocycles. The van der Waals surface area contributed by atoms with Gasteiger partial charge in [-0.2, -0.15) is 5.10 Å². The van der Waals surface area contributed by atoms with Gasteiger partial charge in [0, 0.05) is 26.2 Å². The molecule has 0 aliphatic rings. The number of aliphatic hydroxyl groups is 1. The van der Waals surface area contributed by atoms with E-state index in [0.29, 0.717) is 12.0 Å². The second-order valence-electron chi connectivity index (χ2n) is 4.85. The molecule has 0 aliphatic heterocycles. The molecule has 17 heavy (non-hydrogen) atoms. The number of aliphatic hydroxyl groups excluding tert-OH is 1. The highest BCUT2D eigenvalue weighted by molar-refractivity contribution is 5.10. The van der Waals surface area contributed by atoms with Gasteiger partial charge in [0.1, 0.15) is 0 Å². The number of aromatic nitrogens is 2. The molecule has 1 unspecified atom stereocenters. The van der Waals surface area contributed by atoms with E-state index in [1.54, 1.807) is 0 Å². The van der Waals surface area contributed by atoms with Crippen molar-refractivity contribution in [2.45, 2.75) is 46.2 Å². The van der Waals surface area contributed by atoms with Gasteiger partial charge >= 0.3 is 0 Å². The quantitative estimate of drug-likeness (QED) is 0.758. The van der Waals surface area contributed by atoms with Crippen molar-refractivity contribution in [1.29, 1.82) is 0 Å². The molecule has 0 amide bonds. The molecule has 1 heterocycles. The molecule has 1 aromatic rings. The Hall–Kier alpha value is -0.870. The third-order valence-corrected chi connectivity index (χ3v) is 3.18.